The normalized spacial score (nSPS) is 18.6. The third-order valence-electron chi connectivity index (χ3n) is 5.68. The Balaban J connectivity index is 1.26. The molecule has 8 heteroatoms. The highest BCUT2D eigenvalue weighted by Gasteiger charge is 2.34. The van der Waals surface area contributed by atoms with E-state index < -0.39 is 0 Å². The van der Waals surface area contributed by atoms with Crippen LogP contribution in [-0.2, 0) is 6.61 Å². The number of halogens is 1. The maximum Gasteiger partial charge on any atom is 0.258 e. The van der Waals surface area contributed by atoms with Crippen LogP contribution in [0, 0.1) is 0 Å². The van der Waals surface area contributed by atoms with Crippen molar-refractivity contribution in [1.82, 2.24) is 19.4 Å². The van der Waals surface area contributed by atoms with Gasteiger partial charge in [0.1, 0.15) is 18.2 Å². The summed E-state index contributed by atoms with van der Waals surface area (Å²) in [5, 5.41) is 0.575. The van der Waals surface area contributed by atoms with Crippen molar-refractivity contribution in [3.8, 4) is 11.4 Å². The minimum atomic E-state index is -0.173. The Morgan fingerprint density at radius 3 is 2.80 bits per heavy atom. The summed E-state index contributed by atoms with van der Waals surface area (Å²) in [4.78, 5) is 26.2. The first-order valence-electron chi connectivity index (χ1n) is 10.1. The van der Waals surface area contributed by atoms with Crippen molar-refractivity contribution in [3.05, 3.63) is 76.1 Å². The molecule has 0 radical (unpaired) electrons. The molecule has 2 fully saturated rings. The van der Waals surface area contributed by atoms with Crippen molar-refractivity contribution < 1.29 is 4.74 Å². The molecule has 7 nitrogen and oxygen atoms in total. The van der Waals surface area contributed by atoms with Gasteiger partial charge < -0.3 is 9.64 Å². The smallest absolute Gasteiger partial charge is 0.258 e. The van der Waals surface area contributed by atoms with Gasteiger partial charge in [-0.3, -0.25) is 19.2 Å². The van der Waals surface area contributed by atoms with Crippen molar-refractivity contribution in [1.29, 1.82) is 0 Å². The molecule has 0 bridgehead atoms. The van der Waals surface area contributed by atoms with E-state index in [1.54, 1.807) is 41.4 Å². The lowest BCUT2D eigenvalue weighted by Gasteiger charge is -2.18. The van der Waals surface area contributed by atoms with Crippen molar-refractivity contribution in [3.63, 3.8) is 0 Å². The van der Waals surface area contributed by atoms with Gasteiger partial charge in [0.15, 0.2) is 0 Å². The molecule has 2 aliphatic rings. The van der Waals surface area contributed by atoms with Crippen molar-refractivity contribution in [2.45, 2.75) is 25.5 Å². The van der Waals surface area contributed by atoms with Gasteiger partial charge in [0.25, 0.3) is 5.56 Å². The predicted octanol–water partition coefficient (Wildman–Crippen LogP) is 3.10. The number of ether oxygens (including phenoxy) is 1. The van der Waals surface area contributed by atoms with E-state index in [9.17, 15) is 4.79 Å². The fraction of sp³-hybridized carbons (Fsp3) is 0.318. The third kappa shape index (κ3) is 3.91. The lowest BCUT2D eigenvalue weighted by atomic mass is 10.2. The molecule has 3 aromatic heterocycles. The SMILES string of the molecule is O=c1cc(OCc2ccc(Cl)cn2)ccn1-c1ccc(N2C[C@@H]3CCCN3C2)nc1. The van der Waals surface area contributed by atoms with Crippen LogP contribution in [0.25, 0.3) is 5.69 Å². The van der Waals surface area contributed by atoms with Crippen LogP contribution in [0.2, 0.25) is 5.02 Å². The average Bonchev–Trinajstić information content (AvgIpc) is 3.36. The van der Waals surface area contributed by atoms with Crippen LogP contribution in [0.5, 0.6) is 5.75 Å². The average molecular weight is 424 g/mol. The summed E-state index contributed by atoms with van der Waals surface area (Å²) in [5.74, 6) is 1.45. The number of hydrogen-bond donors (Lipinski definition) is 0. The quantitative estimate of drug-likeness (QED) is 0.628. The van der Waals surface area contributed by atoms with Gasteiger partial charge in [0.05, 0.1) is 29.3 Å². The molecule has 5 rings (SSSR count). The molecular weight excluding hydrogens is 402 g/mol. The topological polar surface area (TPSA) is 63.5 Å². The molecule has 0 aliphatic carbocycles. The van der Waals surface area contributed by atoms with E-state index in [2.05, 4.69) is 19.8 Å². The summed E-state index contributed by atoms with van der Waals surface area (Å²) >= 11 is 5.84. The van der Waals surface area contributed by atoms with Gasteiger partial charge in [-0.2, -0.15) is 0 Å². The van der Waals surface area contributed by atoms with Crippen LogP contribution in [0.3, 0.4) is 0 Å². The van der Waals surface area contributed by atoms with Crippen LogP contribution < -0.4 is 15.2 Å². The second-order valence-corrected chi connectivity index (χ2v) is 8.11. The first kappa shape index (κ1) is 19.1. The van der Waals surface area contributed by atoms with Crippen LogP contribution in [0.15, 0.2) is 59.8 Å². The second kappa shape index (κ2) is 8.08. The standard InChI is InChI=1S/C22H22ClN5O2/c23-16-3-4-17(24-11-16)14-30-20-7-9-28(22(29)10-20)18-5-6-21(25-12-18)27-13-19-2-1-8-26(19)15-27/h3-7,9-12,19H,1-2,8,13-15H2/t19-/m0/s1. The Bertz CT molecular complexity index is 1070. The van der Waals surface area contributed by atoms with E-state index in [4.69, 9.17) is 16.3 Å². The van der Waals surface area contributed by atoms with Crippen LogP contribution >= 0.6 is 11.6 Å². The molecule has 154 valence electrons. The first-order chi connectivity index (χ1) is 14.7. The molecular formula is C22H22ClN5O2. The number of aromatic nitrogens is 3. The van der Waals surface area contributed by atoms with Gasteiger partial charge >= 0.3 is 0 Å². The summed E-state index contributed by atoms with van der Waals surface area (Å²) in [6, 6.07) is 11.4. The van der Waals surface area contributed by atoms with Crippen LogP contribution in [-0.4, -0.2) is 45.2 Å². The highest BCUT2D eigenvalue weighted by Crippen LogP contribution is 2.27. The number of hydrogen-bond acceptors (Lipinski definition) is 6. The van der Waals surface area contributed by atoms with Gasteiger partial charge in [0.2, 0.25) is 0 Å². The van der Waals surface area contributed by atoms with Gasteiger partial charge in [-0.1, -0.05) is 11.6 Å². The summed E-state index contributed by atoms with van der Waals surface area (Å²) < 4.78 is 7.24. The van der Waals surface area contributed by atoms with Gasteiger partial charge in [-0.05, 0) is 43.2 Å². The van der Waals surface area contributed by atoms with E-state index in [0.29, 0.717) is 16.8 Å². The van der Waals surface area contributed by atoms with E-state index in [1.807, 2.05) is 12.1 Å². The summed E-state index contributed by atoms with van der Waals surface area (Å²) in [6.45, 7) is 3.41. The molecule has 0 aromatic carbocycles. The molecule has 0 spiro atoms. The molecule has 5 heterocycles. The van der Waals surface area contributed by atoms with Crippen molar-refractivity contribution >= 4 is 17.4 Å². The molecule has 0 amide bonds. The monoisotopic (exact) mass is 423 g/mol. The third-order valence-corrected chi connectivity index (χ3v) is 5.91. The van der Waals surface area contributed by atoms with E-state index in [0.717, 1.165) is 30.4 Å². The molecule has 0 unspecified atom stereocenters. The number of anilines is 1. The van der Waals surface area contributed by atoms with E-state index >= 15 is 0 Å². The maximum atomic E-state index is 12.6. The van der Waals surface area contributed by atoms with Crippen LogP contribution in [0.4, 0.5) is 5.82 Å². The van der Waals surface area contributed by atoms with Gasteiger partial charge in [-0.25, -0.2) is 4.98 Å². The number of fused-ring (bicyclic) bond motifs is 1. The molecule has 2 aliphatic heterocycles. The molecule has 0 N–H and O–H groups in total. The molecule has 30 heavy (non-hydrogen) atoms. The zero-order valence-electron chi connectivity index (χ0n) is 16.4. The summed E-state index contributed by atoms with van der Waals surface area (Å²) in [5.41, 5.74) is 1.30. The fourth-order valence-corrected chi connectivity index (χ4v) is 4.22. The molecule has 2 saturated heterocycles. The second-order valence-electron chi connectivity index (χ2n) is 7.67. The molecule has 0 saturated carbocycles. The predicted molar refractivity (Wildman–Crippen MR) is 115 cm³/mol. The summed E-state index contributed by atoms with van der Waals surface area (Å²) in [6.07, 6.45) is 7.59. The Morgan fingerprint density at radius 2 is 2.07 bits per heavy atom. The summed E-state index contributed by atoms with van der Waals surface area (Å²) in [7, 11) is 0. The Morgan fingerprint density at radius 1 is 1.13 bits per heavy atom. The van der Waals surface area contributed by atoms with Crippen molar-refractivity contribution in [2.75, 3.05) is 24.7 Å². The maximum absolute atomic E-state index is 12.6. The zero-order chi connectivity index (χ0) is 20.5. The highest BCUT2D eigenvalue weighted by atomic mass is 35.5. The Labute approximate surface area is 179 Å². The van der Waals surface area contributed by atoms with Gasteiger partial charge in [0, 0.05) is 37.6 Å². The lowest BCUT2D eigenvalue weighted by Crippen LogP contribution is -2.25. The number of nitrogens with zero attached hydrogens (tertiary/aromatic N) is 5. The highest BCUT2D eigenvalue weighted by molar-refractivity contribution is 6.30. The Hall–Kier alpha value is -2.90. The van der Waals surface area contributed by atoms with Gasteiger partial charge in [-0.15, -0.1) is 0 Å². The Kier molecular flexibility index (Phi) is 5.14. The largest absolute Gasteiger partial charge is 0.487 e. The minimum absolute atomic E-state index is 0.173. The van der Waals surface area contributed by atoms with Crippen molar-refractivity contribution in [2.24, 2.45) is 0 Å². The minimum Gasteiger partial charge on any atom is -0.487 e. The lowest BCUT2D eigenvalue weighted by molar-refractivity contribution is 0.300. The molecule has 3 aromatic rings. The number of pyridine rings is 3. The van der Waals surface area contributed by atoms with Crippen LogP contribution in [0.1, 0.15) is 18.5 Å². The van der Waals surface area contributed by atoms with E-state index in [1.165, 1.54) is 25.5 Å². The van der Waals surface area contributed by atoms with E-state index in [-0.39, 0.29) is 12.2 Å². The number of rotatable bonds is 5. The first-order valence-corrected chi connectivity index (χ1v) is 10.4. The zero-order valence-corrected chi connectivity index (χ0v) is 17.2. The molecule has 1 atom stereocenters. The fourth-order valence-electron chi connectivity index (χ4n) is 4.11.